The van der Waals surface area contributed by atoms with Crippen LogP contribution >= 0.6 is 0 Å². The Balaban J connectivity index is 1.97. The molecule has 0 aromatic rings. The van der Waals surface area contributed by atoms with E-state index < -0.39 is 0 Å². The van der Waals surface area contributed by atoms with E-state index in [1.807, 2.05) is 0 Å². The third-order valence-electron chi connectivity index (χ3n) is 2.88. The summed E-state index contributed by atoms with van der Waals surface area (Å²) in [6, 6.07) is 0.549. The van der Waals surface area contributed by atoms with Crippen molar-refractivity contribution in [2.24, 2.45) is 5.92 Å². The number of fused-ring (bicyclic) bond motifs is 1. The largest absolute Gasteiger partial charge is 0.384 e. The average Bonchev–Trinajstić information content (AvgIpc) is 2.27. The second-order valence-corrected chi connectivity index (χ2v) is 3.77. The van der Waals surface area contributed by atoms with E-state index in [9.17, 15) is 0 Å². The number of hydrogen-bond acceptors (Lipinski definition) is 1. The van der Waals surface area contributed by atoms with Crippen molar-refractivity contribution < 1.29 is 4.74 Å². The van der Waals surface area contributed by atoms with Crippen LogP contribution in [-0.4, -0.2) is 20.0 Å². The molecule has 0 radical (unpaired) electrons. The molecule has 1 heterocycles. The summed E-state index contributed by atoms with van der Waals surface area (Å²) in [5, 5.41) is 0. The Morgan fingerprint density at radius 2 is 2.00 bits per heavy atom. The summed E-state index contributed by atoms with van der Waals surface area (Å²) in [6.07, 6.45) is 7.56. The molecule has 1 nitrogen and oxygen atoms in total. The average molecular weight is 138 g/mol. The van der Waals surface area contributed by atoms with Crippen LogP contribution in [0.2, 0.25) is 0 Å². The predicted octanol–water partition coefficient (Wildman–Crippen LogP) is 0.925. The molecule has 2 fully saturated rings. The van der Waals surface area contributed by atoms with Crippen LogP contribution in [0.15, 0.2) is 0 Å². The van der Waals surface area contributed by atoms with Gasteiger partial charge in [-0.25, -0.2) is 0 Å². The Morgan fingerprint density at radius 3 is 2.80 bits per heavy atom. The van der Waals surface area contributed by atoms with Crippen LogP contribution in [0.5, 0.6) is 0 Å². The summed E-state index contributed by atoms with van der Waals surface area (Å²) < 4.78 is 5.77. The van der Waals surface area contributed by atoms with Crippen LogP contribution in [0.1, 0.15) is 32.1 Å². The molecule has 0 spiro atoms. The maximum Gasteiger partial charge on any atom is 0.139 e. The maximum atomic E-state index is 5.77. The summed E-state index contributed by atoms with van der Waals surface area (Å²) in [7, 11) is 2.21. The van der Waals surface area contributed by atoms with E-state index in [1.54, 1.807) is 0 Å². The van der Waals surface area contributed by atoms with Gasteiger partial charge < -0.3 is 4.74 Å². The predicted molar refractivity (Wildman–Crippen MR) is 43.8 cm³/mol. The van der Waals surface area contributed by atoms with Crippen molar-refractivity contribution in [3.63, 3.8) is 0 Å². The van der Waals surface area contributed by atoms with Crippen molar-refractivity contribution in [1.29, 1.82) is 0 Å². The summed E-state index contributed by atoms with van der Waals surface area (Å²) in [4.78, 5) is 0. The van der Waals surface area contributed by atoms with E-state index in [1.165, 1.54) is 32.1 Å². The monoisotopic (exact) mass is 138 g/mol. The minimum absolute atomic E-state index is 0.549. The highest BCUT2D eigenvalue weighted by molar-refractivity contribution is 6.11. The summed E-state index contributed by atoms with van der Waals surface area (Å²) in [6.45, 7) is 0. The third-order valence-corrected chi connectivity index (χ3v) is 2.88. The molecule has 0 aromatic heterocycles. The van der Waals surface area contributed by atoms with Crippen molar-refractivity contribution in [3.05, 3.63) is 0 Å². The van der Waals surface area contributed by atoms with Crippen LogP contribution in [0.4, 0.5) is 0 Å². The van der Waals surface area contributed by atoms with Gasteiger partial charge in [0.15, 0.2) is 0 Å². The van der Waals surface area contributed by atoms with Crippen LogP contribution in [-0.2, 0) is 4.74 Å². The minimum atomic E-state index is 0.549. The molecule has 2 aliphatic rings. The first kappa shape index (κ1) is 6.72. The number of hydrogen-bond donors (Lipinski definition) is 0. The van der Waals surface area contributed by atoms with Gasteiger partial charge in [0.2, 0.25) is 0 Å². The summed E-state index contributed by atoms with van der Waals surface area (Å²) in [5.41, 5.74) is 0. The Kier molecular flexibility index (Phi) is 1.73. The minimum Gasteiger partial charge on any atom is -0.384 e. The van der Waals surface area contributed by atoms with Gasteiger partial charge >= 0.3 is 0 Å². The van der Waals surface area contributed by atoms with Gasteiger partial charge in [0.1, 0.15) is 7.85 Å². The Labute approximate surface area is 63.5 Å². The van der Waals surface area contributed by atoms with Crippen molar-refractivity contribution in [3.8, 4) is 0 Å². The van der Waals surface area contributed by atoms with Crippen LogP contribution in [0.25, 0.3) is 0 Å². The first-order valence-corrected chi connectivity index (χ1v) is 4.52. The van der Waals surface area contributed by atoms with Gasteiger partial charge in [-0.1, -0.05) is 12.8 Å². The highest BCUT2D eigenvalue weighted by atomic mass is 16.5. The molecule has 2 heteroatoms. The Bertz CT molecular complexity index is 112. The summed E-state index contributed by atoms with van der Waals surface area (Å²) >= 11 is 0. The van der Waals surface area contributed by atoms with Crippen molar-refractivity contribution in [2.75, 3.05) is 0 Å². The smallest absolute Gasteiger partial charge is 0.139 e. The molecule has 0 amide bonds. The highest BCUT2D eigenvalue weighted by Gasteiger charge is 2.33. The van der Waals surface area contributed by atoms with Crippen LogP contribution in [0, 0.1) is 5.92 Å². The number of rotatable bonds is 0. The molecule has 0 bridgehead atoms. The van der Waals surface area contributed by atoms with E-state index in [-0.39, 0.29) is 0 Å². The first-order valence-electron chi connectivity index (χ1n) is 4.52. The van der Waals surface area contributed by atoms with E-state index in [4.69, 9.17) is 4.74 Å². The van der Waals surface area contributed by atoms with E-state index in [0.717, 1.165) is 5.92 Å². The van der Waals surface area contributed by atoms with Crippen molar-refractivity contribution >= 4 is 7.85 Å². The van der Waals surface area contributed by atoms with E-state index in [2.05, 4.69) is 7.85 Å². The molecule has 3 unspecified atom stereocenters. The Morgan fingerprint density at radius 1 is 1.20 bits per heavy atom. The lowest BCUT2D eigenvalue weighted by atomic mass is 9.83. The zero-order chi connectivity index (χ0) is 6.97. The van der Waals surface area contributed by atoms with Crippen LogP contribution < -0.4 is 0 Å². The lowest BCUT2D eigenvalue weighted by molar-refractivity contribution is 0.0505. The molecule has 2 rings (SSSR count). The van der Waals surface area contributed by atoms with Gasteiger partial charge in [-0.15, -0.1) is 0 Å². The van der Waals surface area contributed by atoms with Gasteiger partial charge in [0, 0.05) is 6.00 Å². The SMILES string of the molecule is BC1CC2CCCCC2O1. The Hall–Kier alpha value is 0.0249. The molecule has 56 valence electrons. The third kappa shape index (κ3) is 1.09. The lowest BCUT2D eigenvalue weighted by Gasteiger charge is -2.23. The fourth-order valence-corrected chi connectivity index (χ4v) is 2.40. The molecular formula is C8H15BO. The van der Waals surface area contributed by atoms with Gasteiger partial charge in [-0.3, -0.25) is 0 Å². The van der Waals surface area contributed by atoms with Gasteiger partial charge in [-0.05, 0) is 25.2 Å². The topological polar surface area (TPSA) is 9.23 Å². The maximum absolute atomic E-state index is 5.77. The van der Waals surface area contributed by atoms with E-state index >= 15 is 0 Å². The van der Waals surface area contributed by atoms with Gasteiger partial charge in [-0.2, -0.15) is 0 Å². The molecule has 1 aliphatic carbocycles. The van der Waals surface area contributed by atoms with E-state index in [0.29, 0.717) is 12.1 Å². The first-order chi connectivity index (χ1) is 4.86. The molecule has 0 N–H and O–H groups in total. The summed E-state index contributed by atoms with van der Waals surface area (Å²) in [5.74, 6) is 0.920. The molecule has 1 saturated carbocycles. The fraction of sp³-hybridized carbons (Fsp3) is 1.00. The zero-order valence-electron chi connectivity index (χ0n) is 6.68. The number of ether oxygens (including phenoxy) is 1. The molecule has 0 aromatic carbocycles. The zero-order valence-corrected chi connectivity index (χ0v) is 6.68. The molecule has 1 saturated heterocycles. The van der Waals surface area contributed by atoms with Gasteiger partial charge in [0.25, 0.3) is 0 Å². The van der Waals surface area contributed by atoms with Gasteiger partial charge in [0.05, 0.1) is 6.10 Å². The quantitative estimate of drug-likeness (QED) is 0.452. The lowest BCUT2D eigenvalue weighted by Crippen LogP contribution is -2.20. The molecule has 3 atom stereocenters. The highest BCUT2D eigenvalue weighted by Crippen LogP contribution is 2.36. The fourth-order valence-electron chi connectivity index (χ4n) is 2.40. The van der Waals surface area contributed by atoms with Crippen molar-refractivity contribution in [1.82, 2.24) is 0 Å². The molecular weight excluding hydrogens is 123 g/mol. The van der Waals surface area contributed by atoms with Crippen molar-refractivity contribution in [2.45, 2.75) is 44.2 Å². The second-order valence-electron chi connectivity index (χ2n) is 3.77. The standard InChI is InChI=1S/C8H15BO/c9-8-5-6-3-1-2-4-7(6)10-8/h6-8H,1-5,9H2. The van der Waals surface area contributed by atoms with Crippen LogP contribution in [0.3, 0.4) is 0 Å². The molecule has 10 heavy (non-hydrogen) atoms. The normalized spacial score (nSPS) is 47.0. The molecule has 1 aliphatic heterocycles. The second kappa shape index (κ2) is 2.57.